The first-order valence-electron chi connectivity index (χ1n) is 5.32. The smallest absolute Gasteiger partial charge is 0.251 e. The quantitative estimate of drug-likeness (QED) is 0.861. The summed E-state index contributed by atoms with van der Waals surface area (Å²) in [5, 5.41) is 2.93. The van der Waals surface area contributed by atoms with Crippen LogP contribution in [0.3, 0.4) is 0 Å². The number of ether oxygens (including phenoxy) is 1. The second-order valence-corrected chi connectivity index (χ2v) is 5.16. The minimum atomic E-state index is -0.0124. The maximum atomic E-state index is 11.8. The molecule has 86 valence electrons. The molecular formula is C12H14INO2. The van der Waals surface area contributed by atoms with Crippen LogP contribution < -0.4 is 10.1 Å². The minimum absolute atomic E-state index is 0.0124. The highest BCUT2D eigenvalue weighted by molar-refractivity contribution is 14.1. The number of benzene rings is 1. The third-order valence-corrected chi connectivity index (χ3v) is 3.55. The van der Waals surface area contributed by atoms with Gasteiger partial charge in [0, 0.05) is 12.1 Å². The van der Waals surface area contributed by atoms with Crippen LogP contribution in [0.1, 0.15) is 23.2 Å². The molecule has 0 unspecified atom stereocenters. The molecular weight excluding hydrogens is 317 g/mol. The number of carbonyl (C=O) groups excluding carboxylic acids is 1. The molecule has 0 bridgehead atoms. The second-order valence-electron chi connectivity index (χ2n) is 4.00. The SMILES string of the molecule is COc1cc(C(=O)NCC2CC2)ccc1I. The average Bonchev–Trinajstić information content (AvgIpc) is 3.10. The Bertz CT molecular complexity index is 402. The van der Waals surface area contributed by atoms with Crippen LogP contribution in [0.15, 0.2) is 18.2 Å². The summed E-state index contributed by atoms with van der Waals surface area (Å²) in [6.45, 7) is 0.799. The van der Waals surface area contributed by atoms with E-state index in [2.05, 4.69) is 27.9 Å². The molecule has 1 fully saturated rings. The maximum absolute atomic E-state index is 11.8. The number of nitrogens with one attached hydrogen (secondary N) is 1. The van der Waals surface area contributed by atoms with E-state index in [4.69, 9.17) is 4.74 Å². The van der Waals surface area contributed by atoms with Crippen molar-refractivity contribution in [3.63, 3.8) is 0 Å². The average molecular weight is 331 g/mol. The van der Waals surface area contributed by atoms with Crippen molar-refractivity contribution in [2.45, 2.75) is 12.8 Å². The van der Waals surface area contributed by atoms with E-state index in [9.17, 15) is 4.79 Å². The predicted molar refractivity (Wildman–Crippen MR) is 70.8 cm³/mol. The monoisotopic (exact) mass is 331 g/mol. The fourth-order valence-electron chi connectivity index (χ4n) is 1.46. The lowest BCUT2D eigenvalue weighted by Crippen LogP contribution is -2.25. The van der Waals surface area contributed by atoms with Gasteiger partial charge in [-0.15, -0.1) is 0 Å². The van der Waals surface area contributed by atoms with Crippen LogP contribution in [0, 0.1) is 9.49 Å². The highest BCUT2D eigenvalue weighted by Crippen LogP contribution is 2.27. The first kappa shape index (κ1) is 11.7. The summed E-state index contributed by atoms with van der Waals surface area (Å²) in [5.41, 5.74) is 0.665. The van der Waals surface area contributed by atoms with Gasteiger partial charge in [0.2, 0.25) is 0 Å². The van der Waals surface area contributed by atoms with Crippen molar-refractivity contribution >= 4 is 28.5 Å². The van der Waals surface area contributed by atoms with Gasteiger partial charge in [-0.2, -0.15) is 0 Å². The summed E-state index contributed by atoms with van der Waals surface area (Å²) < 4.78 is 6.20. The Morgan fingerprint density at radius 2 is 2.31 bits per heavy atom. The number of rotatable bonds is 4. The van der Waals surface area contributed by atoms with Gasteiger partial charge in [-0.05, 0) is 59.5 Å². The molecule has 0 aliphatic heterocycles. The van der Waals surface area contributed by atoms with Gasteiger partial charge < -0.3 is 10.1 Å². The van der Waals surface area contributed by atoms with Crippen molar-refractivity contribution in [1.82, 2.24) is 5.32 Å². The van der Waals surface area contributed by atoms with Crippen LogP contribution in [-0.2, 0) is 0 Å². The molecule has 1 aromatic carbocycles. The summed E-state index contributed by atoms with van der Waals surface area (Å²) >= 11 is 2.19. The summed E-state index contributed by atoms with van der Waals surface area (Å²) in [6.07, 6.45) is 2.49. The van der Waals surface area contributed by atoms with Gasteiger partial charge in [0.25, 0.3) is 5.91 Å². The number of carbonyl (C=O) groups is 1. The maximum Gasteiger partial charge on any atom is 0.251 e. The number of amides is 1. The molecule has 0 radical (unpaired) electrons. The van der Waals surface area contributed by atoms with Crippen LogP contribution in [0.2, 0.25) is 0 Å². The zero-order valence-electron chi connectivity index (χ0n) is 9.13. The van der Waals surface area contributed by atoms with Crippen LogP contribution in [-0.4, -0.2) is 19.6 Å². The van der Waals surface area contributed by atoms with Gasteiger partial charge in [0.15, 0.2) is 0 Å². The van der Waals surface area contributed by atoms with E-state index in [0.717, 1.165) is 15.9 Å². The van der Waals surface area contributed by atoms with Crippen molar-refractivity contribution in [1.29, 1.82) is 0 Å². The Balaban J connectivity index is 2.03. The number of hydrogen-bond acceptors (Lipinski definition) is 2. The highest BCUT2D eigenvalue weighted by atomic mass is 127. The predicted octanol–water partition coefficient (Wildman–Crippen LogP) is 2.44. The third-order valence-electron chi connectivity index (χ3n) is 2.66. The Kier molecular flexibility index (Phi) is 3.68. The molecule has 4 heteroatoms. The molecule has 3 nitrogen and oxygen atoms in total. The largest absolute Gasteiger partial charge is 0.496 e. The molecule has 1 aromatic rings. The number of hydrogen-bond donors (Lipinski definition) is 1. The summed E-state index contributed by atoms with van der Waals surface area (Å²) in [7, 11) is 1.61. The normalized spacial score (nSPS) is 14.6. The molecule has 1 aliphatic carbocycles. The Hall–Kier alpha value is -0.780. The van der Waals surface area contributed by atoms with Gasteiger partial charge >= 0.3 is 0 Å². The van der Waals surface area contributed by atoms with Gasteiger partial charge in [0.05, 0.1) is 10.7 Å². The van der Waals surface area contributed by atoms with Gasteiger partial charge in [0.1, 0.15) is 5.75 Å². The van der Waals surface area contributed by atoms with Crippen LogP contribution in [0.4, 0.5) is 0 Å². The van der Waals surface area contributed by atoms with E-state index in [1.54, 1.807) is 13.2 Å². The van der Waals surface area contributed by atoms with E-state index >= 15 is 0 Å². The highest BCUT2D eigenvalue weighted by Gasteiger charge is 2.21. The van der Waals surface area contributed by atoms with E-state index in [0.29, 0.717) is 11.5 Å². The van der Waals surface area contributed by atoms with E-state index in [-0.39, 0.29) is 5.91 Å². The first-order valence-corrected chi connectivity index (χ1v) is 6.40. The summed E-state index contributed by atoms with van der Waals surface area (Å²) in [6, 6.07) is 5.50. The fraction of sp³-hybridized carbons (Fsp3) is 0.417. The molecule has 0 saturated heterocycles. The molecule has 16 heavy (non-hydrogen) atoms. The second kappa shape index (κ2) is 5.03. The van der Waals surface area contributed by atoms with Crippen molar-refractivity contribution in [3.05, 3.63) is 27.3 Å². The molecule has 1 N–H and O–H groups in total. The van der Waals surface area contributed by atoms with Gasteiger partial charge in [-0.25, -0.2) is 0 Å². The zero-order valence-corrected chi connectivity index (χ0v) is 11.3. The van der Waals surface area contributed by atoms with Crippen molar-refractivity contribution in [3.8, 4) is 5.75 Å². The molecule has 0 atom stereocenters. The molecule has 2 rings (SSSR count). The first-order chi connectivity index (χ1) is 7.70. The Labute approximate surface area is 109 Å². The van der Waals surface area contributed by atoms with Gasteiger partial charge in [-0.1, -0.05) is 0 Å². The van der Waals surface area contributed by atoms with E-state index in [1.165, 1.54) is 12.8 Å². The standard InChI is InChI=1S/C12H14INO2/c1-16-11-6-9(4-5-10(11)13)12(15)14-7-8-2-3-8/h4-6,8H,2-3,7H2,1H3,(H,14,15). The van der Waals surface area contributed by atoms with Crippen LogP contribution in [0.25, 0.3) is 0 Å². The lowest BCUT2D eigenvalue weighted by Gasteiger charge is -2.07. The van der Waals surface area contributed by atoms with Crippen LogP contribution in [0.5, 0.6) is 5.75 Å². The Morgan fingerprint density at radius 1 is 1.56 bits per heavy atom. The minimum Gasteiger partial charge on any atom is -0.496 e. The van der Waals surface area contributed by atoms with Gasteiger partial charge in [-0.3, -0.25) is 4.79 Å². The molecule has 0 aromatic heterocycles. The van der Waals surface area contributed by atoms with Crippen molar-refractivity contribution in [2.24, 2.45) is 5.92 Å². The molecule has 1 amide bonds. The molecule has 0 heterocycles. The third kappa shape index (κ3) is 2.87. The molecule has 1 saturated carbocycles. The topological polar surface area (TPSA) is 38.3 Å². The van der Waals surface area contributed by atoms with Crippen LogP contribution >= 0.6 is 22.6 Å². The summed E-state index contributed by atoms with van der Waals surface area (Å²) in [5.74, 6) is 1.44. The molecule has 1 aliphatic rings. The van der Waals surface area contributed by atoms with Crippen molar-refractivity contribution < 1.29 is 9.53 Å². The number of halogens is 1. The lowest BCUT2D eigenvalue weighted by atomic mass is 10.2. The Morgan fingerprint density at radius 3 is 2.94 bits per heavy atom. The van der Waals surface area contributed by atoms with Crippen molar-refractivity contribution in [2.75, 3.05) is 13.7 Å². The summed E-state index contributed by atoms with van der Waals surface area (Å²) in [4.78, 5) is 11.8. The fourth-order valence-corrected chi connectivity index (χ4v) is 2.02. The lowest BCUT2D eigenvalue weighted by molar-refractivity contribution is 0.0951. The molecule has 0 spiro atoms. The number of methoxy groups -OCH3 is 1. The van der Waals surface area contributed by atoms with E-state index in [1.807, 2.05) is 12.1 Å². The zero-order chi connectivity index (χ0) is 11.5. The van der Waals surface area contributed by atoms with E-state index < -0.39 is 0 Å².